The summed E-state index contributed by atoms with van der Waals surface area (Å²) >= 11 is 0. The van der Waals surface area contributed by atoms with Crippen LogP contribution in [-0.4, -0.2) is 43.1 Å². The van der Waals surface area contributed by atoms with Gasteiger partial charge in [-0.2, -0.15) is 5.10 Å². The number of nitrogens with one attached hydrogen (secondary N) is 3. The second-order valence-electron chi connectivity index (χ2n) is 10.1. The van der Waals surface area contributed by atoms with Crippen LogP contribution in [0, 0.1) is 0 Å². The highest BCUT2D eigenvalue weighted by atomic mass is 15.2. The third-order valence-corrected chi connectivity index (χ3v) is 7.45. The van der Waals surface area contributed by atoms with Gasteiger partial charge < -0.3 is 15.2 Å². The van der Waals surface area contributed by atoms with Crippen molar-refractivity contribution in [3.63, 3.8) is 0 Å². The van der Waals surface area contributed by atoms with E-state index in [1.54, 1.807) is 0 Å². The van der Waals surface area contributed by atoms with Crippen LogP contribution < -0.4 is 15.9 Å². The van der Waals surface area contributed by atoms with E-state index < -0.39 is 0 Å². The maximum Gasteiger partial charge on any atom is 0.116 e. The molecule has 1 aromatic carbocycles. The number of benzene rings is 1. The molecule has 40 heavy (non-hydrogen) atoms. The van der Waals surface area contributed by atoms with Crippen LogP contribution in [0.5, 0.6) is 0 Å². The van der Waals surface area contributed by atoms with E-state index in [0.717, 1.165) is 79.9 Å². The zero-order valence-electron chi connectivity index (χ0n) is 22.7. The van der Waals surface area contributed by atoms with Crippen molar-refractivity contribution in [3.05, 3.63) is 102 Å². The number of allylic oxidation sites excluding steroid dienone is 2. The Labute approximate surface area is 233 Å². The number of nitrogens with zero attached hydrogens (tertiary/aromatic N) is 4. The van der Waals surface area contributed by atoms with Gasteiger partial charge in [0, 0.05) is 52.7 Å². The van der Waals surface area contributed by atoms with Crippen molar-refractivity contribution in [1.29, 1.82) is 0 Å². The standard InChI is InChI=1S/C33H33N7/c1-4-24(25-17-26(21-34-20-25)36-23(3)40-15-8-5-9-16-40)18-28-22(2)38-39-33(28)32-19-29-27(11-10-13-31(29)37-32)30-12-6-7-14-35-30/h4,6-7,10-14,17-21,36-38H,2-3,5,8-9,15-16H2,1H3/b24-4+,28-18+. The lowest BCUT2D eigenvalue weighted by molar-refractivity contribution is 0.289. The van der Waals surface area contributed by atoms with E-state index in [4.69, 9.17) is 0 Å². The van der Waals surface area contributed by atoms with Crippen molar-refractivity contribution in [2.75, 3.05) is 18.4 Å². The molecule has 6 rings (SSSR count). The molecular weight excluding hydrogens is 494 g/mol. The topological polar surface area (TPSA) is 85.5 Å². The highest BCUT2D eigenvalue weighted by Gasteiger charge is 2.14. The van der Waals surface area contributed by atoms with E-state index in [1.807, 2.05) is 49.8 Å². The number of hydrogen-bond donors (Lipinski definition) is 3. The number of anilines is 1. The van der Waals surface area contributed by atoms with Crippen LogP contribution in [-0.2, 0) is 0 Å². The van der Waals surface area contributed by atoms with Crippen LogP contribution >= 0.6 is 0 Å². The number of hydrogen-bond acceptors (Lipinski definition) is 5. The molecule has 5 heterocycles. The normalized spacial score (nSPS) is 14.6. The van der Waals surface area contributed by atoms with Crippen molar-refractivity contribution in [2.45, 2.75) is 26.2 Å². The zero-order valence-corrected chi connectivity index (χ0v) is 22.7. The lowest BCUT2D eigenvalue weighted by atomic mass is 10.0. The Hall–Kier alpha value is -4.91. The molecule has 4 aromatic heterocycles. The smallest absolute Gasteiger partial charge is 0.116 e. The highest BCUT2D eigenvalue weighted by Crippen LogP contribution is 2.30. The van der Waals surface area contributed by atoms with Gasteiger partial charge in [0.15, 0.2) is 0 Å². The first-order valence-electron chi connectivity index (χ1n) is 13.7. The molecule has 0 spiro atoms. The van der Waals surface area contributed by atoms with Gasteiger partial charge in [-0.05, 0) is 68.2 Å². The van der Waals surface area contributed by atoms with Crippen molar-refractivity contribution >= 4 is 34.8 Å². The average molecular weight is 528 g/mol. The Morgan fingerprint density at radius 3 is 2.73 bits per heavy atom. The van der Waals surface area contributed by atoms with Gasteiger partial charge in [-0.3, -0.25) is 15.1 Å². The third-order valence-electron chi connectivity index (χ3n) is 7.45. The predicted octanol–water partition coefficient (Wildman–Crippen LogP) is 5.68. The van der Waals surface area contributed by atoms with Gasteiger partial charge in [0.2, 0.25) is 0 Å². The summed E-state index contributed by atoms with van der Waals surface area (Å²) in [4.78, 5) is 14.9. The SMILES string of the molecule is C=C(Nc1cncc(C(/C=c2/c(-c3cc4c(-c5ccccn5)cccc4[nH]3)n[nH]c2=C)=C/C)c1)N1CCCCC1. The summed E-state index contributed by atoms with van der Waals surface area (Å²) in [6.07, 6.45) is 13.4. The Kier molecular flexibility index (Phi) is 7.02. The lowest BCUT2D eigenvalue weighted by Gasteiger charge is -2.30. The molecule has 0 saturated carbocycles. The Morgan fingerprint density at radius 1 is 1.05 bits per heavy atom. The lowest BCUT2D eigenvalue weighted by Crippen LogP contribution is -2.31. The summed E-state index contributed by atoms with van der Waals surface area (Å²) in [6, 6.07) is 16.4. The van der Waals surface area contributed by atoms with Crippen molar-refractivity contribution in [2.24, 2.45) is 0 Å². The zero-order chi connectivity index (χ0) is 27.5. The monoisotopic (exact) mass is 527 g/mol. The minimum absolute atomic E-state index is 0.749. The van der Waals surface area contributed by atoms with E-state index in [9.17, 15) is 0 Å². The number of H-pyrrole nitrogens is 2. The van der Waals surface area contributed by atoms with Gasteiger partial charge >= 0.3 is 0 Å². The van der Waals surface area contributed by atoms with E-state index in [2.05, 4.69) is 84.9 Å². The average Bonchev–Trinajstić information content (AvgIpc) is 3.59. The molecule has 3 N–H and O–H groups in total. The second-order valence-corrected chi connectivity index (χ2v) is 10.1. The molecule has 1 saturated heterocycles. The van der Waals surface area contributed by atoms with Gasteiger partial charge in [0.1, 0.15) is 5.69 Å². The number of fused-ring (bicyclic) bond motifs is 1. The van der Waals surface area contributed by atoms with Gasteiger partial charge in [-0.1, -0.05) is 37.4 Å². The van der Waals surface area contributed by atoms with Gasteiger partial charge in [-0.25, -0.2) is 0 Å². The molecule has 0 atom stereocenters. The first-order chi connectivity index (χ1) is 19.6. The first-order valence-corrected chi connectivity index (χ1v) is 13.7. The molecule has 200 valence electrons. The van der Waals surface area contributed by atoms with E-state index in [-0.39, 0.29) is 0 Å². The van der Waals surface area contributed by atoms with Gasteiger partial charge in [-0.15, -0.1) is 0 Å². The summed E-state index contributed by atoms with van der Waals surface area (Å²) < 4.78 is 0. The van der Waals surface area contributed by atoms with Gasteiger partial charge in [0.25, 0.3) is 0 Å². The van der Waals surface area contributed by atoms with Crippen LogP contribution in [0.2, 0.25) is 0 Å². The summed E-state index contributed by atoms with van der Waals surface area (Å²) in [5.74, 6) is 0.922. The molecule has 0 amide bonds. The van der Waals surface area contributed by atoms with Crippen LogP contribution in [0.1, 0.15) is 31.7 Å². The highest BCUT2D eigenvalue weighted by molar-refractivity contribution is 5.97. The fraction of sp³-hybridized carbons (Fsp3) is 0.182. The summed E-state index contributed by atoms with van der Waals surface area (Å²) in [6.45, 7) is 12.6. The molecule has 1 aliphatic rings. The van der Waals surface area contributed by atoms with Crippen molar-refractivity contribution in [1.82, 2.24) is 30.0 Å². The number of piperidine rings is 1. The molecule has 0 aliphatic carbocycles. The molecule has 7 heteroatoms. The fourth-order valence-electron chi connectivity index (χ4n) is 5.34. The molecule has 0 radical (unpaired) electrons. The maximum absolute atomic E-state index is 4.64. The van der Waals surface area contributed by atoms with Gasteiger partial charge in [0.05, 0.1) is 34.4 Å². The number of likely N-dealkylation sites (tertiary alicyclic amines) is 1. The summed E-state index contributed by atoms with van der Waals surface area (Å²) in [5, 5.41) is 13.9. The third kappa shape index (κ3) is 5.06. The van der Waals surface area contributed by atoms with Crippen molar-refractivity contribution in [3.8, 4) is 22.6 Å². The van der Waals surface area contributed by atoms with E-state index in [1.165, 1.54) is 19.3 Å². The molecule has 0 unspecified atom stereocenters. The van der Waals surface area contributed by atoms with Crippen LogP contribution in [0.15, 0.2) is 85.6 Å². The number of pyridine rings is 2. The molecule has 1 fully saturated rings. The molecule has 7 nitrogen and oxygen atoms in total. The number of aromatic nitrogens is 5. The molecular formula is C33H33N7. The summed E-state index contributed by atoms with van der Waals surface area (Å²) in [7, 11) is 0. The van der Waals surface area contributed by atoms with Crippen LogP contribution in [0.3, 0.4) is 0 Å². The predicted molar refractivity (Wildman–Crippen MR) is 164 cm³/mol. The van der Waals surface area contributed by atoms with E-state index in [0.29, 0.717) is 0 Å². The van der Waals surface area contributed by atoms with Crippen LogP contribution in [0.25, 0.3) is 51.8 Å². The molecule has 0 bridgehead atoms. The summed E-state index contributed by atoms with van der Waals surface area (Å²) in [5.41, 5.74) is 7.71. The number of rotatable bonds is 7. The number of aromatic amines is 2. The fourth-order valence-corrected chi connectivity index (χ4v) is 5.34. The van der Waals surface area contributed by atoms with Crippen molar-refractivity contribution < 1.29 is 0 Å². The quantitative estimate of drug-likeness (QED) is 0.254. The second kappa shape index (κ2) is 11.1. The Balaban J connectivity index is 1.34. The molecule has 5 aromatic rings. The molecule has 1 aliphatic heterocycles. The first kappa shape index (κ1) is 25.4. The largest absolute Gasteiger partial charge is 0.359 e. The van der Waals surface area contributed by atoms with Crippen LogP contribution in [0.4, 0.5) is 5.69 Å². The minimum Gasteiger partial charge on any atom is -0.359 e. The van der Waals surface area contributed by atoms with E-state index >= 15 is 0 Å². The minimum atomic E-state index is 0.749. The Morgan fingerprint density at radius 2 is 1.93 bits per heavy atom. The Bertz CT molecular complexity index is 1800. The maximum atomic E-state index is 4.64.